The summed E-state index contributed by atoms with van der Waals surface area (Å²) in [5.41, 5.74) is 2.39. The SMILES string of the molecule is O=C(c1cccc(O)c1)N1CCN(C(=O)C(c2ccccc2)c2ccccc2)CC1. The molecule has 1 heterocycles. The van der Waals surface area contributed by atoms with E-state index < -0.39 is 0 Å². The molecule has 0 aromatic heterocycles. The highest BCUT2D eigenvalue weighted by molar-refractivity contribution is 5.95. The number of aromatic hydroxyl groups is 1. The van der Waals surface area contributed by atoms with Gasteiger partial charge < -0.3 is 14.9 Å². The second-order valence-electron chi connectivity index (χ2n) is 7.42. The number of hydrogen-bond acceptors (Lipinski definition) is 3. The Morgan fingerprint density at radius 1 is 0.700 bits per heavy atom. The summed E-state index contributed by atoms with van der Waals surface area (Å²) in [5.74, 6) is -0.360. The molecule has 5 nitrogen and oxygen atoms in total. The standard InChI is InChI=1S/C25H24N2O3/c28-22-13-7-12-21(18-22)24(29)26-14-16-27(17-15-26)25(30)23(19-8-3-1-4-9-19)20-10-5-2-6-11-20/h1-13,18,23,28H,14-17H2. The van der Waals surface area contributed by atoms with Crippen LogP contribution in [0.15, 0.2) is 84.9 Å². The van der Waals surface area contributed by atoms with E-state index in [1.165, 1.54) is 6.07 Å². The zero-order chi connectivity index (χ0) is 20.9. The molecule has 3 aromatic rings. The molecule has 2 amide bonds. The van der Waals surface area contributed by atoms with Gasteiger partial charge in [-0.25, -0.2) is 0 Å². The number of rotatable bonds is 4. The molecule has 5 heteroatoms. The normalized spacial score (nSPS) is 14.0. The minimum atomic E-state index is -0.360. The number of piperazine rings is 1. The Labute approximate surface area is 176 Å². The van der Waals surface area contributed by atoms with Crippen molar-refractivity contribution in [1.82, 2.24) is 9.80 Å². The van der Waals surface area contributed by atoms with Crippen molar-refractivity contribution in [2.75, 3.05) is 26.2 Å². The number of carbonyl (C=O) groups is 2. The lowest BCUT2D eigenvalue weighted by Gasteiger charge is -2.36. The third-order valence-electron chi connectivity index (χ3n) is 5.48. The van der Waals surface area contributed by atoms with Crippen molar-refractivity contribution in [2.45, 2.75) is 5.92 Å². The molecule has 0 unspecified atom stereocenters. The van der Waals surface area contributed by atoms with Crippen LogP contribution >= 0.6 is 0 Å². The summed E-state index contributed by atoms with van der Waals surface area (Å²) < 4.78 is 0. The second kappa shape index (κ2) is 8.82. The predicted molar refractivity (Wildman–Crippen MR) is 115 cm³/mol. The van der Waals surface area contributed by atoms with Crippen molar-refractivity contribution in [2.24, 2.45) is 0 Å². The molecule has 0 saturated carbocycles. The van der Waals surface area contributed by atoms with Crippen molar-refractivity contribution in [3.05, 3.63) is 102 Å². The maximum atomic E-state index is 13.5. The summed E-state index contributed by atoms with van der Waals surface area (Å²) in [6, 6.07) is 26.0. The minimum Gasteiger partial charge on any atom is -0.508 e. The summed E-state index contributed by atoms with van der Waals surface area (Å²) in [6.07, 6.45) is 0. The molecule has 1 saturated heterocycles. The number of benzene rings is 3. The number of hydrogen-bond donors (Lipinski definition) is 1. The maximum Gasteiger partial charge on any atom is 0.254 e. The largest absolute Gasteiger partial charge is 0.508 e. The summed E-state index contributed by atoms with van der Waals surface area (Å²) in [6.45, 7) is 1.91. The number of amides is 2. The molecule has 30 heavy (non-hydrogen) atoms. The fraction of sp³-hybridized carbons (Fsp3) is 0.200. The van der Waals surface area contributed by atoms with Crippen LogP contribution in [0, 0.1) is 0 Å². The quantitative estimate of drug-likeness (QED) is 0.729. The fourth-order valence-corrected chi connectivity index (χ4v) is 3.90. The van der Waals surface area contributed by atoms with E-state index in [1.807, 2.05) is 65.6 Å². The first-order valence-corrected chi connectivity index (χ1v) is 10.1. The van der Waals surface area contributed by atoms with Crippen LogP contribution in [0.3, 0.4) is 0 Å². The van der Waals surface area contributed by atoms with Gasteiger partial charge in [0.2, 0.25) is 5.91 Å². The Morgan fingerprint density at radius 3 is 1.77 bits per heavy atom. The lowest BCUT2D eigenvalue weighted by Crippen LogP contribution is -2.51. The first kappa shape index (κ1) is 19.7. The van der Waals surface area contributed by atoms with Crippen LogP contribution in [0.2, 0.25) is 0 Å². The van der Waals surface area contributed by atoms with Gasteiger partial charge in [0.1, 0.15) is 5.75 Å². The zero-order valence-electron chi connectivity index (χ0n) is 16.6. The molecule has 4 rings (SSSR count). The van der Waals surface area contributed by atoms with Gasteiger partial charge in [0, 0.05) is 31.7 Å². The number of nitrogens with zero attached hydrogens (tertiary/aromatic N) is 2. The lowest BCUT2D eigenvalue weighted by molar-refractivity contribution is -0.133. The first-order chi connectivity index (χ1) is 14.6. The van der Waals surface area contributed by atoms with Gasteiger partial charge in [-0.2, -0.15) is 0 Å². The van der Waals surface area contributed by atoms with Crippen molar-refractivity contribution < 1.29 is 14.7 Å². The summed E-state index contributed by atoms with van der Waals surface area (Å²) >= 11 is 0. The molecule has 0 spiro atoms. The van der Waals surface area contributed by atoms with Crippen LogP contribution in [0.4, 0.5) is 0 Å². The van der Waals surface area contributed by atoms with E-state index in [9.17, 15) is 14.7 Å². The number of phenols is 1. The Morgan fingerprint density at radius 2 is 1.23 bits per heavy atom. The average molecular weight is 400 g/mol. The molecule has 1 N–H and O–H groups in total. The van der Waals surface area contributed by atoms with Crippen LogP contribution in [0.25, 0.3) is 0 Å². The summed E-state index contributed by atoms with van der Waals surface area (Å²) in [7, 11) is 0. The van der Waals surface area contributed by atoms with Gasteiger partial charge in [0.05, 0.1) is 5.92 Å². The highest BCUT2D eigenvalue weighted by Gasteiger charge is 2.31. The van der Waals surface area contributed by atoms with Gasteiger partial charge in [-0.15, -0.1) is 0 Å². The van der Waals surface area contributed by atoms with Gasteiger partial charge in [-0.05, 0) is 29.3 Å². The molecule has 0 atom stereocenters. The highest BCUT2D eigenvalue weighted by Crippen LogP contribution is 2.27. The van der Waals surface area contributed by atoms with Crippen LogP contribution in [0.1, 0.15) is 27.4 Å². The molecule has 0 bridgehead atoms. The van der Waals surface area contributed by atoms with Gasteiger partial charge in [0.25, 0.3) is 5.91 Å². The zero-order valence-corrected chi connectivity index (χ0v) is 16.6. The summed E-state index contributed by atoms with van der Waals surface area (Å²) in [4.78, 5) is 29.8. The van der Waals surface area contributed by atoms with E-state index in [2.05, 4.69) is 0 Å². The van der Waals surface area contributed by atoms with Crippen molar-refractivity contribution in [3.63, 3.8) is 0 Å². The van der Waals surface area contributed by atoms with Gasteiger partial charge in [-0.1, -0.05) is 66.7 Å². The van der Waals surface area contributed by atoms with Crippen LogP contribution in [0.5, 0.6) is 5.75 Å². The average Bonchev–Trinajstić information content (AvgIpc) is 2.80. The second-order valence-corrected chi connectivity index (χ2v) is 7.42. The van der Waals surface area contributed by atoms with Gasteiger partial charge >= 0.3 is 0 Å². The van der Waals surface area contributed by atoms with E-state index >= 15 is 0 Å². The number of phenolic OH excluding ortho intramolecular Hbond substituents is 1. The highest BCUT2D eigenvalue weighted by atomic mass is 16.3. The van der Waals surface area contributed by atoms with Crippen molar-refractivity contribution >= 4 is 11.8 Å². The Kier molecular flexibility index (Phi) is 5.80. The van der Waals surface area contributed by atoms with Crippen LogP contribution in [-0.4, -0.2) is 52.9 Å². The van der Waals surface area contributed by atoms with Crippen molar-refractivity contribution in [3.8, 4) is 5.75 Å². The van der Waals surface area contributed by atoms with E-state index in [0.29, 0.717) is 31.7 Å². The topological polar surface area (TPSA) is 60.9 Å². The van der Waals surface area contributed by atoms with E-state index in [1.54, 1.807) is 23.1 Å². The molecule has 3 aromatic carbocycles. The molecule has 1 aliphatic rings. The molecule has 1 aliphatic heterocycles. The third-order valence-corrected chi connectivity index (χ3v) is 5.48. The Balaban J connectivity index is 1.49. The minimum absolute atomic E-state index is 0.0526. The van der Waals surface area contributed by atoms with Crippen LogP contribution in [-0.2, 0) is 4.79 Å². The molecule has 0 radical (unpaired) electrons. The maximum absolute atomic E-state index is 13.5. The van der Waals surface area contributed by atoms with Gasteiger partial charge in [-0.3, -0.25) is 9.59 Å². The van der Waals surface area contributed by atoms with Crippen LogP contribution < -0.4 is 0 Å². The predicted octanol–water partition coefficient (Wildman–Crippen LogP) is 3.51. The number of carbonyl (C=O) groups excluding carboxylic acids is 2. The summed E-state index contributed by atoms with van der Waals surface area (Å²) in [5, 5.41) is 9.63. The van der Waals surface area contributed by atoms with Gasteiger partial charge in [0.15, 0.2) is 0 Å². The molecular weight excluding hydrogens is 376 g/mol. The Bertz CT molecular complexity index is 973. The molecule has 0 aliphatic carbocycles. The first-order valence-electron chi connectivity index (χ1n) is 10.1. The molecular formula is C25H24N2O3. The van der Waals surface area contributed by atoms with E-state index in [0.717, 1.165) is 11.1 Å². The van der Waals surface area contributed by atoms with Crippen molar-refractivity contribution in [1.29, 1.82) is 0 Å². The molecule has 1 fully saturated rings. The fourth-order valence-electron chi connectivity index (χ4n) is 3.90. The monoisotopic (exact) mass is 400 g/mol. The smallest absolute Gasteiger partial charge is 0.254 e. The Hall–Kier alpha value is -3.60. The lowest BCUT2D eigenvalue weighted by atomic mass is 9.90. The van der Waals surface area contributed by atoms with E-state index in [4.69, 9.17) is 0 Å². The third kappa shape index (κ3) is 4.20. The molecule has 152 valence electrons. The van der Waals surface area contributed by atoms with E-state index in [-0.39, 0.29) is 23.5 Å².